The average molecular weight is 253 g/mol. The lowest BCUT2D eigenvalue weighted by Gasteiger charge is -2.24. The van der Waals surface area contributed by atoms with E-state index in [1.807, 2.05) is 6.07 Å². The first-order chi connectivity index (χ1) is 7.99. The van der Waals surface area contributed by atoms with Gasteiger partial charge in [0.05, 0.1) is 0 Å². The highest BCUT2D eigenvalue weighted by molar-refractivity contribution is 6.30. The second-order valence-corrected chi connectivity index (χ2v) is 5.80. The van der Waals surface area contributed by atoms with Crippen LogP contribution in [0.15, 0.2) is 18.2 Å². The lowest BCUT2D eigenvalue weighted by molar-refractivity contribution is 0.552. The molecule has 1 aromatic rings. The Hall–Kier alpha value is -0.730. The maximum Gasteiger partial charge on any atom is 0.0410 e. The van der Waals surface area contributed by atoms with Crippen LogP contribution >= 0.6 is 11.6 Å². The van der Waals surface area contributed by atoms with Crippen LogP contribution in [0.4, 0.5) is 5.69 Å². The molecule has 0 bridgehead atoms. The molecule has 2 nitrogen and oxygen atoms in total. The summed E-state index contributed by atoms with van der Waals surface area (Å²) in [6.07, 6.45) is 1.02. The molecule has 94 valence electrons. The first-order valence-corrected chi connectivity index (χ1v) is 6.68. The van der Waals surface area contributed by atoms with Crippen molar-refractivity contribution in [2.45, 2.75) is 45.2 Å². The van der Waals surface area contributed by atoms with Crippen molar-refractivity contribution in [2.24, 2.45) is 5.73 Å². The summed E-state index contributed by atoms with van der Waals surface area (Å²) < 4.78 is 0. The van der Waals surface area contributed by atoms with Gasteiger partial charge in [0.2, 0.25) is 0 Å². The van der Waals surface area contributed by atoms with Crippen molar-refractivity contribution < 1.29 is 0 Å². The second kappa shape index (κ2) is 4.87. The Labute approximate surface area is 109 Å². The van der Waals surface area contributed by atoms with Gasteiger partial charge in [0, 0.05) is 35.3 Å². The first kappa shape index (κ1) is 12.7. The van der Waals surface area contributed by atoms with Gasteiger partial charge in [0.1, 0.15) is 0 Å². The van der Waals surface area contributed by atoms with Crippen LogP contribution in [0.25, 0.3) is 0 Å². The predicted octanol–water partition coefficient (Wildman–Crippen LogP) is 3.39. The van der Waals surface area contributed by atoms with Crippen LogP contribution in [0.1, 0.15) is 38.7 Å². The molecule has 0 radical (unpaired) electrons. The molecule has 0 aromatic heterocycles. The zero-order chi connectivity index (χ0) is 12.6. The zero-order valence-corrected chi connectivity index (χ0v) is 11.5. The molecule has 0 aliphatic carbocycles. The zero-order valence-electron chi connectivity index (χ0n) is 10.8. The fourth-order valence-corrected chi connectivity index (χ4v) is 2.87. The fraction of sp³-hybridized carbons (Fsp3) is 0.571. The number of rotatable bonds is 3. The lowest BCUT2D eigenvalue weighted by atomic mass is 9.95. The minimum atomic E-state index is 0.235. The van der Waals surface area contributed by atoms with Crippen LogP contribution in [0.2, 0.25) is 5.02 Å². The Bertz CT molecular complexity index is 401. The summed E-state index contributed by atoms with van der Waals surface area (Å²) >= 11 is 6.10. The summed E-state index contributed by atoms with van der Waals surface area (Å²) in [5.41, 5.74) is 8.63. The highest BCUT2D eigenvalue weighted by atomic mass is 35.5. The number of anilines is 1. The van der Waals surface area contributed by atoms with Gasteiger partial charge < -0.3 is 10.6 Å². The molecule has 0 fully saturated rings. The Morgan fingerprint density at radius 3 is 2.71 bits per heavy atom. The highest BCUT2D eigenvalue weighted by Crippen LogP contribution is 2.40. The van der Waals surface area contributed by atoms with Gasteiger partial charge in [0.15, 0.2) is 0 Å². The monoisotopic (exact) mass is 252 g/mol. The van der Waals surface area contributed by atoms with Gasteiger partial charge in [-0.3, -0.25) is 0 Å². The third-order valence-electron chi connectivity index (χ3n) is 3.44. The van der Waals surface area contributed by atoms with Crippen molar-refractivity contribution in [2.75, 3.05) is 11.4 Å². The molecule has 3 heteroatoms. The van der Waals surface area contributed by atoms with Crippen LogP contribution in [-0.4, -0.2) is 18.6 Å². The molecular weight excluding hydrogens is 232 g/mol. The van der Waals surface area contributed by atoms with Crippen molar-refractivity contribution in [3.05, 3.63) is 28.8 Å². The topological polar surface area (TPSA) is 29.3 Å². The summed E-state index contributed by atoms with van der Waals surface area (Å²) in [5.74, 6) is 0.520. The minimum Gasteiger partial charge on any atom is -0.368 e. The predicted molar refractivity (Wildman–Crippen MR) is 74.9 cm³/mol. The van der Waals surface area contributed by atoms with Crippen LogP contribution < -0.4 is 10.6 Å². The fourth-order valence-electron chi connectivity index (χ4n) is 2.69. The van der Waals surface area contributed by atoms with E-state index in [1.165, 1.54) is 11.3 Å². The quantitative estimate of drug-likeness (QED) is 0.894. The molecule has 0 amide bonds. The number of hydrogen-bond donors (Lipinski definition) is 1. The van der Waals surface area contributed by atoms with E-state index in [-0.39, 0.29) is 6.04 Å². The minimum absolute atomic E-state index is 0.235. The molecule has 2 N–H and O–H groups in total. The van der Waals surface area contributed by atoms with Gasteiger partial charge in [-0.15, -0.1) is 0 Å². The van der Waals surface area contributed by atoms with Crippen molar-refractivity contribution in [1.82, 2.24) is 0 Å². The van der Waals surface area contributed by atoms with E-state index in [9.17, 15) is 0 Å². The molecule has 0 saturated heterocycles. The summed E-state index contributed by atoms with van der Waals surface area (Å²) in [7, 11) is 0. The summed E-state index contributed by atoms with van der Waals surface area (Å²) in [4.78, 5) is 2.44. The molecular formula is C14H21ClN2. The maximum absolute atomic E-state index is 6.10. The second-order valence-electron chi connectivity index (χ2n) is 5.36. The smallest absolute Gasteiger partial charge is 0.0410 e. The Morgan fingerprint density at radius 1 is 1.41 bits per heavy atom. The van der Waals surface area contributed by atoms with Gasteiger partial charge in [-0.1, -0.05) is 11.6 Å². The van der Waals surface area contributed by atoms with Crippen LogP contribution in [-0.2, 0) is 0 Å². The van der Waals surface area contributed by atoms with E-state index in [0.717, 1.165) is 18.0 Å². The van der Waals surface area contributed by atoms with Crippen molar-refractivity contribution >= 4 is 17.3 Å². The van der Waals surface area contributed by atoms with E-state index in [1.54, 1.807) is 0 Å². The van der Waals surface area contributed by atoms with Gasteiger partial charge in [-0.2, -0.15) is 0 Å². The molecule has 1 aromatic carbocycles. The number of hydrogen-bond acceptors (Lipinski definition) is 2. The van der Waals surface area contributed by atoms with E-state index >= 15 is 0 Å². The Morgan fingerprint density at radius 2 is 2.12 bits per heavy atom. The number of benzene rings is 1. The van der Waals surface area contributed by atoms with Crippen LogP contribution in [0, 0.1) is 0 Å². The van der Waals surface area contributed by atoms with Crippen LogP contribution in [0.3, 0.4) is 0 Å². The largest absolute Gasteiger partial charge is 0.368 e. The molecule has 2 unspecified atom stereocenters. The molecule has 1 heterocycles. The normalized spacial score (nSPS) is 20.8. The SMILES string of the molecule is CC(N)CC1CN(C(C)C)c2ccc(Cl)cc21. The standard InChI is InChI=1S/C14H21ClN2/c1-9(2)17-8-11(6-10(3)16)13-7-12(15)4-5-14(13)17/h4-5,7,9-11H,6,8,16H2,1-3H3. The summed E-state index contributed by atoms with van der Waals surface area (Å²) in [5, 5.41) is 0.823. The maximum atomic E-state index is 6.10. The average Bonchev–Trinajstić information content (AvgIpc) is 2.56. The first-order valence-electron chi connectivity index (χ1n) is 6.30. The highest BCUT2D eigenvalue weighted by Gasteiger charge is 2.30. The third-order valence-corrected chi connectivity index (χ3v) is 3.67. The van der Waals surface area contributed by atoms with E-state index in [4.69, 9.17) is 17.3 Å². The molecule has 2 atom stereocenters. The van der Waals surface area contributed by atoms with Gasteiger partial charge in [-0.05, 0) is 51.0 Å². The molecule has 1 aliphatic heterocycles. The number of fused-ring (bicyclic) bond motifs is 1. The van der Waals surface area contributed by atoms with E-state index < -0.39 is 0 Å². The third kappa shape index (κ3) is 2.58. The molecule has 0 saturated carbocycles. The molecule has 17 heavy (non-hydrogen) atoms. The summed E-state index contributed by atoms with van der Waals surface area (Å²) in [6.45, 7) is 7.59. The van der Waals surface area contributed by atoms with Gasteiger partial charge in [0.25, 0.3) is 0 Å². The van der Waals surface area contributed by atoms with Crippen molar-refractivity contribution in [3.8, 4) is 0 Å². The van der Waals surface area contributed by atoms with Crippen LogP contribution in [0.5, 0.6) is 0 Å². The number of nitrogens with two attached hydrogens (primary N) is 1. The van der Waals surface area contributed by atoms with E-state index in [2.05, 4.69) is 37.8 Å². The molecule has 2 rings (SSSR count). The molecule has 0 spiro atoms. The van der Waals surface area contributed by atoms with E-state index in [0.29, 0.717) is 12.0 Å². The number of halogens is 1. The van der Waals surface area contributed by atoms with Gasteiger partial charge in [-0.25, -0.2) is 0 Å². The Balaban J connectivity index is 2.34. The van der Waals surface area contributed by atoms with Gasteiger partial charge >= 0.3 is 0 Å². The molecule has 1 aliphatic rings. The Kier molecular flexibility index (Phi) is 3.64. The van der Waals surface area contributed by atoms with Crippen molar-refractivity contribution in [3.63, 3.8) is 0 Å². The lowest BCUT2D eigenvalue weighted by Crippen LogP contribution is -2.30. The number of nitrogens with zero attached hydrogens (tertiary/aromatic N) is 1. The summed E-state index contributed by atoms with van der Waals surface area (Å²) in [6, 6.07) is 6.97. The van der Waals surface area contributed by atoms with Crippen molar-refractivity contribution in [1.29, 1.82) is 0 Å².